The van der Waals surface area contributed by atoms with Gasteiger partial charge in [-0.05, 0) is 49.2 Å². The summed E-state index contributed by atoms with van der Waals surface area (Å²) in [6.07, 6.45) is 1.71. The van der Waals surface area contributed by atoms with Gasteiger partial charge >= 0.3 is 0 Å². The number of methoxy groups -OCH3 is 1. The zero-order chi connectivity index (χ0) is 20.0. The van der Waals surface area contributed by atoms with Gasteiger partial charge in [0.1, 0.15) is 5.75 Å². The minimum atomic E-state index is -3.48. The lowest BCUT2D eigenvalue weighted by molar-refractivity contribution is -0.116. The highest BCUT2D eigenvalue weighted by Crippen LogP contribution is 2.24. The quantitative estimate of drug-likeness (QED) is 0.717. The van der Waals surface area contributed by atoms with Crippen LogP contribution in [0.5, 0.6) is 5.75 Å². The number of sulfonamides is 1. The Morgan fingerprint density at radius 1 is 1.22 bits per heavy atom. The van der Waals surface area contributed by atoms with Crippen molar-refractivity contribution in [3.63, 3.8) is 0 Å². The number of halogens is 1. The number of amides is 1. The van der Waals surface area contributed by atoms with E-state index in [9.17, 15) is 13.2 Å². The Bertz CT molecular complexity index is 916. The molecule has 27 heavy (non-hydrogen) atoms. The molecule has 0 aliphatic carbocycles. The maximum absolute atomic E-state index is 12.2. The lowest BCUT2D eigenvalue weighted by Gasteiger charge is -2.22. The van der Waals surface area contributed by atoms with Crippen molar-refractivity contribution in [1.29, 1.82) is 0 Å². The maximum atomic E-state index is 12.2. The zero-order valence-electron chi connectivity index (χ0n) is 15.5. The van der Waals surface area contributed by atoms with Gasteiger partial charge in [-0.2, -0.15) is 0 Å². The van der Waals surface area contributed by atoms with Gasteiger partial charge in [-0.3, -0.25) is 9.10 Å². The smallest absolute Gasteiger partial charge is 0.232 e. The minimum Gasteiger partial charge on any atom is -0.497 e. The standard InChI is InChI=1S/C19H23ClN2O4S/c1-14-12-15(20)9-10-18(14)21-19(23)8-5-11-22(27(3,24)25)16-6-4-7-17(13-16)26-2/h4,6-7,9-10,12-13H,5,8,11H2,1-3H3,(H,21,23). The Morgan fingerprint density at radius 2 is 1.96 bits per heavy atom. The summed E-state index contributed by atoms with van der Waals surface area (Å²) in [6.45, 7) is 2.05. The first-order valence-corrected chi connectivity index (χ1v) is 10.6. The Kier molecular flexibility index (Phi) is 7.10. The zero-order valence-corrected chi connectivity index (χ0v) is 17.1. The van der Waals surface area contributed by atoms with Crippen LogP contribution >= 0.6 is 11.6 Å². The minimum absolute atomic E-state index is 0.181. The average Bonchev–Trinajstić information content (AvgIpc) is 2.60. The van der Waals surface area contributed by atoms with Gasteiger partial charge in [0.05, 0.1) is 19.1 Å². The Balaban J connectivity index is 2.00. The van der Waals surface area contributed by atoms with E-state index in [-0.39, 0.29) is 18.9 Å². The molecule has 0 fully saturated rings. The highest BCUT2D eigenvalue weighted by atomic mass is 35.5. The van der Waals surface area contributed by atoms with Crippen LogP contribution in [0.25, 0.3) is 0 Å². The van der Waals surface area contributed by atoms with E-state index in [0.717, 1.165) is 11.8 Å². The molecule has 2 aromatic carbocycles. The summed E-state index contributed by atoms with van der Waals surface area (Å²) in [4.78, 5) is 12.2. The molecule has 146 valence electrons. The number of nitrogens with zero attached hydrogens (tertiary/aromatic N) is 1. The third-order valence-corrected chi connectivity index (χ3v) is 5.40. The summed E-state index contributed by atoms with van der Waals surface area (Å²) < 4.78 is 30.7. The van der Waals surface area contributed by atoms with E-state index in [1.165, 1.54) is 11.4 Å². The first-order chi connectivity index (χ1) is 12.7. The predicted molar refractivity (Wildman–Crippen MR) is 109 cm³/mol. The molecule has 0 saturated carbocycles. The van der Waals surface area contributed by atoms with E-state index in [0.29, 0.717) is 28.6 Å². The molecule has 0 heterocycles. The fourth-order valence-corrected chi connectivity index (χ4v) is 3.80. The SMILES string of the molecule is COc1cccc(N(CCCC(=O)Nc2ccc(Cl)cc2C)S(C)(=O)=O)c1. The van der Waals surface area contributed by atoms with Crippen molar-refractivity contribution in [1.82, 2.24) is 0 Å². The fraction of sp³-hybridized carbons (Fsp3) is 0.316. The highest BCUT2D eigenvalue weighted by molar-refractivity contribution is 7.92. The van der Waals surface area contributed by atoms with Gasteiger partial charge in [0.15, 0.2) is 0 Å². The van der Waals surface area contributed by atoms with E-state index in [4.69, 9.17) is 16.3 Å². The summed E-state index contributed by atoms with van der Waals surface area (Å²) in [6, 6.07) is 12.0. The molecule has 6 nitrogen and oxygen atoms in total. The number of hydrogen-bond acceptors (Lipinski definition) is 4. The van der Waals surface area contributed by atoms with Crippen LogP contribution in [0.2, 0.25) is 5.02 Å². The van der Waals surface area contributed by atoms with Crippen molar-refractivity contribution < 1.29 is 17.9 Å². The van der Waals surface area contributed by atoms with Crippen LogP contribution in [-0.2, 0) is 14.8 Å². The molecule has 0 aliphatic heterocycles. The summed E-state index contributed by atoms with van der Waals surface area (Å²) >= 11 is 5.91. The molecular formula is C19H23ClN2O4S. The molecule has 0 spiro atoms. The summed E-state index contributed by atoms with van der Waals surface area (Å²) in [5.41, 5.74) is 2.06. The molecule has 2 rings (SSSR count). The van der Waals surface area contributed by atoms with Crippen LogP contribution in [0.3, 0.4) is 0 Å². The van der Waals surface area contributed by atoms with Crippen molar-refractivity contribution in [2.75, 3.05) is 29.5 Å². The molecule has 0 unspecified atom stereocenters. The molecule has 0 atom stereocenters. The monoisotopic (exact) mass is 410 g/mol. The molecule has 0 saturated heterocycles. The number of hydrogen-bond donors (Lipinski definition) is 1. The van der Waals surface area contributed by atoms with Gasteiger partial charge in [-0.1, -0.05) is 17.7 Å². The van der Waals surface area contributed by atoms with Gasteiger partial charge in [0.25, 0.3) is 0 Å². The molecule has 0 aromatic heterocycles. The number of carbonyl (C=O) groups is 1. The second-order valence-electron chi connectivity index (χ2n) is 6.15. The number of nitrogens with one attached hydrogen (secondary N) is 1. The maximum Gasteiger partial charge on any atom is 0.232 e. The molecule has 1 amide bonds. The molecule has 0 bridgehead atoms. The highest BCUT2D eigenvalue weighted by Gasteiger charge is 2.18. The van der Waals surface area contributed by atoms with Crippen LogP contribution in [-0.4, -0.2) is 34.2 Å². The second-order valence-corrected chi connectivity index (χ2v) is 8.49. The van der Waals surface area contributed by atoms with Gasteiger partial charge in [-0.25, -0.2) is 8.42 Å². The molecule has 0 radical (unpaired) electrons. The van der Waals surface area contributed by atoms with Gasteiger partial charge in [-0.15, -0.1) is 0 Å². The summed E-state index contributed by atoms with van der Waals surface area (Å²) in [5.74, 6) is 0.386. The first kappa shape index (κ1) is 21.1. The van der Waals surface area contributed by atoms with Crippen molar-refractivity contribution in [3.8, 4) is 5.75 Å². The number of carbonyl (C=O) groups excluding carboxylic acids is 1. The van der Waals surface area contributed by atoms with Crippen molar-refractivity contribution in [2.45, 2.75) is 19.8 Å². The van der Waals surface area contributed by atoms with Crippen LogP contribution in [0.15, 0.2) is 42.5 Å². The molecule has 0 aliphatic rings. The van der Waals surface area contributed by atoms with E-state index in [1.54, 1.807) is 42.5 Å². The van der Waals surface area contributed by atoms with E-state index < -0.39 is 10.0 Å². The molecule has 8 heteroatoms. The van der Waals surface area contributed by atoms with Gasteiger partial charge in [0.2, 0.25) is 15.9 Å². The number of aryl methyl sites for hydroxylation is 1. The van der Waals surface area contributed by atoms with Crippen LogP contribution in [0.1, 0.15) is 18.4 Å². The summed E-state index contributed by atoms with van der Waals surface area (Å²) in [5, 5.41) is 3.43. The van der Waals surface area contributed by atoms with Crippen LogP contribution in [0.4, 0.5) is 11.4 Å². The Hall–Kier alpha value is -2.25. The summed E-state index contributed by atoms with van der Waals surface area (Å²) in [7, 11) is -1.96. The second kappa shape index (κ2) is 9.10. The largest absolute Gasteiger partial charge is 0.497 e. The number of benzene rings is 2. The Morgan fingerprint density at radius 3 is 2.59 bits per heavy atom. The average molecular weight is 411 g/mol. The fourth-order valence-electron chi connectivity index (χ4n) is 2.62. The molecule has 1 N–H and O–H groups in total. The van der Waals surface area contributed by atoms with E-state index in [1.807, 2.05) is 6.92 Å². The van der Waals surface area contributed by atoms with Crippen LogP contribution in [0, 0.1) is 6.92 Å². The number of ether oxygens (including phenoxy) is 1. The normalized spacial score (nSPS) is 11.1. The third kappa shape index (κ3) is 6.15. The lowest BCUT2D eigenvalue weighted by Crippen LogP contribution is -2.31. The molecular weight excluding hydrogens is 388 g/mol. The third-order valence-electron chi connectivity index (χ3n) is 3.97. The predicted octanol–water partition coefficient (Wildman–Crippen LogP) is 3.84. The van der Waals surface area contributed by atoms with Gasteiger partial charge < -0.3 is 10.1 Å². The van der Waals surface area contributed by atoms with E-state index in [2.05, 4.69) is 5.32 Å². The topological polar surface area (TPSA) is 75.7 Å². The lowest BCUT2D eigenvalue weighted by atomic mass is 10.2. The van der Waals surface area contributed by atoms with Crippen molar-refractivity contribution >= 4 is 38.9 Å². The Labute approximate surface area is 165 Å². The van der Waals surface area contributed by atoms with Crippen LogP contribution < -0.4 is 14.4 Å². The number of anilines is 2. The van der Waals surface area contributed by atoms with Gasteiger partial charge in [0, 0.05) is 29.7 Å². The van der Waals surface area contributed by atoms with Crippen molar-refractivity contribution in [2.24, 2.45) is 0 Å². The molecule has 2 aromatic rings. The van der Waals surface area contributed by atoms with Crippen molar-refractivity contribution in [3.05, 3.63) is 53.1 Å². The van der Waals surface area contributed by atoms with E-state index >= 15 is 0 Å². The number of rotatable bonds is 8. The first-order valence-electron chi connectivity index (χ1n) is 8.38.